The highest BCUT2D eigenvalue weighted by atomic mass is 32.2. The number of esters is 1. The zero-order valence-corrected chi connectivity index (χ0v) is 15.1. The molecule has 1 aliphatic rings. The molecule has 0 aromatic heterocycles. The average Bonchev–Trinajstić information content (AvgIpc) is 2.95. The van der Waals surface area contributed by atoms with Gasteiger partial charge in [-0.15, -0.1) is 5.10 Å². The lowest BCUT2D eigenvalue weighted by molar-refractivity contribution is -0.135. The molecular formula is C16H16N4O5S. The summed E-state index contributed by atoms with van der Waals surface area (Å²) in [5.41, 5.74) is 0.534. The fourth-order valence-electron chi connectivity index (χ4n) is 1.65. The van der Waals surface area contributed by atoms with Crippen LogP contribution in [0.25, 0.3) is 0 Å². The molecule has 1 aromatic carbocycles. The van der Waals surface area contributed by atoms with E-state index in [4.69, 9.17) is 4.74 Å². The van der Waals surface area contributed by atoms with Crippen molar-refractivity contribution in [1.82, 2.24) is 10.2 Å². The molecule has 0 unspecified atom stereocenters. The number of rotatable bonds is 4. The molecule has 1 aliphatic heterocycles. The first-order valence-corrected chi connectivity index (χ1v) is 8.10. The zero-order valence-electron chi connectivity index (χ0n) is 14.3. The maximum atomic E-state index is 11.7. The lowest BCUT2D eigenvalue weighted by Gasteiger charge is -2.11. The third-order valence-electron chi connectivity index (χ3n) is 2.93. The summed E-state index contributed by atoms with van der Waals surface area (Å²) >= 11 is 0.960. The van der Waals surface area contributed by atoms with Gasteiger partial charge in [0.05, 0.1) is 18.2 Å². The predicted octanol–water partition coefficient (Wildman–Crippen LogP) is 1.36. The SMILES string of the molecule is COC(=O)/C=C1/S/C(=N\N=Cc2ccccc2OC(=O)N(C)C)NC1=O. The first kappa shape index (κ1) is 19.2. The number of nitrogens with one attached hydrogen (secondary N) is 1. The minimum absolute atomic E-state index is 0.158. The van der Waals surface area contributed by atoms with Gasteiger partial charge in [0.25, 0.3) is 5.91 Å². The van der Waals surface area contributed by atoms with Gasteiger partial charge in [-0.3, -0.25) is 10.1 Å². The van der Waals surface area contributed by atoms with Crippen molar-refractivity contribution in [1.29, 1.82) is 0 Å². The molecule has 1 aromatic rings. The largest absolute Gasteiger partial charge is 0.466 e. The van der Waals surface area contributed by atoms with E-state index >= 15 is 0 Å². The first-order valence-electron chi connectivity index (χ1n) is 7.28. The summed E-state index contributed by atoms with van der Waals surface area (Å²) in [6.07, 6.45) is 1.94. The highest BCUT2D eigenvalue weighted by Gasteiger charge is 2.25. The van der Waals surface area contributed by atoms with Crippen LogP contribution < -0.4 is 10.1 Å². The van der Waals surface area contributed by atoms with Crippen LogP contribution >= 0.6 is 11.8 Å². The number of nitrogens with zero attached hydrogens (tertiary/aromatic N) is 3. The maximum absolute atomic E-state index is 11.7. The number of ether oxygens (including phenoxy) is 2. The van der Waals surface area contributed by atoms with E-state index < -0.39 is 18.0 Å². The molecule has 0 saturated carbocycles. The van der Waals surface area contributed by atoms with Crippen molar-refractivity contribution < 1.29 is 23.9 Å². The predicted molar refractivity (Wildman–Crippen MR) is 97.0 cm³/mol. The van der Waals surface area contributed by atoms with E-state index in [1.54, 1.807) is 38.4 Å². The van der Waals surface area contributed by atoms with Gasteiger partial charge < -0.3 is 14.4 Å². The number of para-hydroxylation sites is 1. The molecule has 1 heterocycles. The Balaban J connectivity index is 2.10. The van der Waals surface area contributed by atoms with E-state index in [-0.39, 0.29) is 10.1 Å². The smallest absolute Gasteiger partial charge is 0.414 e. The van der Waals surface area contributed by atoms with Crippen molar-refractivity contribution in [2.75, 3.05) is 21.2 Å². The molecule has 26 heavy (non-hydrogen) atoms. The molecule has 1 saturated heterocycles. The summed E-state index contributed by atoms with van der Waals surface area (Å²) in [5, 5.41) is 10.5. The van der Waals surface area contributed by atoms with Crippen molar-refractivity contribution in [3.8, 4) is 5.75 Å². The van der Waals surface area contributed by atoms with E-state index in [0.717, 1.165) is 17.8 Å². The van der Waals surface area contributed by atoms with Crippen molar-refractivity contribution in [2.45, 2.75) is 0 Å². The van der Waals surface area contributed by atoms with Crippen molar-refractivity contribution in [3.05, 3.63) is 40.8 Å². The number of thioether (sulfide) groups is 1. The van der Waals surface area contributed by atoms with E-state index in [1.165, 1.54) is 18.2 Å². The number of carbonyl (C=O) groups excluding carboxylic acids is 3. The zero-order chi connectivity index (χ0) is 19.1. The van der Waals surface area contributed by atoms with Crippen LogP contribution in [0.2, 0.25) is 0 Å². The molecule has 10 heteroatoms. The number of carbonyl (C=O) groups is 3. The lowest BCUT2D eigenvalue weighted by atomic mass is 10.2. The summed E-state index contributed by atoms with van der Waals surface area (Å²) in [4.78, 5) is 36.0. The van der Waals surface area contributed by atoms with Gasteiger partial charge in [-0.25, -0.2) is 9.59 Å². The van der Waals surface area contributed by atoms with Crippen LogP contribution in [-0.2, 0) is 14.3 Å². The molecule has 0 atom stereocenters. The Morgan fingerprint density at radius 1 is 1.27 bits per heavy atom. The Labute approximate surface area is 153 Å². The average molecular weight is 376 g/mol. The topological polar surface area (TPSA) is 110 Å². The second-order valence-corrected chi connectivity index (χ2v) is 6.07. The Morgan fingerprint density at radius 3 is 2.69 bits per heavy atom. The highest BCUT2D eigenvalue weighted by molar-refractivity contribution is 8.18. The first-order chi connectivity index (χ1) is 12.4. The van der Waals surface area contributed by atoms with Crippen LogP contribution in [0.3, 0.4) is 0 Å². The molecule has 0 bridgehead atoms. The third-order valence-corrected chi connectivity index (χ3v) is 3.83. The number of hydrogen-bond donors (Lipinski definition) is 1. The standard InChI is InChI=1S/C16H16N4O5S/c1-20(2)16(23)25-11-7-5-4-6-10(11)9-17-19-15-18-14(22)12(26-15)8-13(21)24-3/h4-9H,1-3H3,(H,18,19,22)/b12-8+,17-9?. The van der Waals surface area contributed by atoms with Crippen molar-refractivity contribution in [2.24, 2.45) is 10.2 Å². The van der Waals surface area contributed by atoms with E-state index in [0.29, 0.717) is 11.3 Å². The molecule has 0 radical (unpaired) electrons. The summed E-state index contributed by atoms with van der Waals surface area (Å²) in [6.45, 7) is 0. The van der Waals surface area contributed by atoms with Crippen LogP contribution in [0.15, 0.2) is 45.4 Å². The second-order valence-electron chi connectivity index (χ2n) is 5.04. The lowest BCUT2D eigenvalue weighted by Crippen LogP contribution is -2.25. The third kappa shape index (κ3) is 5.18. The number of amides is 2. The minimum atomic E-state index is -0.635. The van der Waals surface area contributed by atoms with Crippen LogP contribution in [-0.4, -0.2) is 55.5 Å². The summed E-state index contributed by atoms with van der Waals surface area (Å²) in [7, 11) is 4.37. The molecule has 1 N–H and O–H groups in total. The fraction of sp³-hybridized carbons (Fsp3) is 0.188. The summed E-state index contributed by atoms with van der Waals surface area (Å²) in [5.74, 6) is -0.775. The van der Waals surface area contributed by atoms with E-state index in [1.807, 2.05) is 0 Å². The monoisotopic (exact) mass is 376 g/mol. The molecule has 2 rings (SSSR count). The number of hydrogen-bond acceptors (Lipinski definition) is 8. The van der Waals surface area contributed by atoms with Crippen molar-refractivity contribution in [3.63, 3.8) is 0 Å². The normalized spacial score (nSPS) is 16.8. The minimum Gasteiger partial charge on any atom is -0.466 e. The molecule has 0 spiro atoms. The molecule has 0 aliphatic carbocycles. The van der Waals surface area contributed by atoms with Gasteiger partial charge in [-0.05, 0) is 23.9 Å². The quantitative estimate of drug-likeness (QED) is 0.368. The highest BCUT2D eigenvalue weighted by Crippen LogP contribution is 2.23. The second kappa shape index (κ2) is 8.81. The van der Waals surface area contributed by atoms with Crippen LogP contribution in [0.4, 0.5) is 4.79 Å². The Bertz CT molecular complexity index is 817. The number of benzene rings is 1. The Hall–Kier alpha value is -3.14. The van der Waals surface area contributed by atoms with Crippen LogP contribution in [0, 0.1) is 0 Å². The van der Waals surface area contributed by atoms with Gasteiger partial charge in [0, 0.05) is 25.7 Å². The molecule has 2 amide bonds. The molecule has 9 nitrogen and oxygen atoms in total. The summed E-state index contributed by atoms with van der Waals surface area (Å²) in [6, 6.07) is 6.80. The van der Waals surface area contributed by atoms with E-state index in [9.17, 15) is 14.4 Å². The van der Waals surface area contributed by atoms with E-state index in [2.05, 4.69) is 20.3 Å². The number of methoxy groups -OCH3 is 1. The maximum Gasteiger partial charge on any atom is 0.414 e. The molecule has 1 fully saturated rings. The van der Waals surface area contributed by atoms with Crippen LogP contribution in [0.5, 0.6) is 5.75 Å². The van der Waals surface area contributed by atoms with Gasteiger partial charge in [0.1, 0.15) is 5.75 Å². The molecular weight excluding hydrogens is 360 g/mol. The fourth-order valence-corrected chi connectivity index (χ4v) is 2.39. The van der Waals surface area contributed by atoms with Gasteiger partial charge >= 0.3 is 12.1 Å². The van der Waals surface area contributed by atoms with Gasteiger partial charge in [-0.1, -0.05) is 12.1 Å². The van der Waals surface area contributed by atoms with Gasteiger partial charge in [0.15, 0.2) is 5.17 Å². The molecule has 136 valence electrons. The van der Waals surface area contributed by atoms with Crippen molar-refractivity contribution >= 4 is 41.1 Å². The van der Waals surface area contributed by atoms with Gasteiger partial charge in [0.2, 0.25) is 0 Å². The van der Waals surface area contributed by atoms with Crippen LogP contribution in [0.1, 0.15) is 5.56 Å². The summed E-state index contributed by atoms with van der Waals surface area (Å²) < 4.78 is 9.70. The van der Waals surface area contributed by atoms with Gasteiger partial charge in [-0.2, -0.15) is 5.10 Å². The number of amidine groups is 1. The Kier molecular flexibility index (Phi) is 6.50. The Morgan fingerprint density at radius 2 is 2.00 bits per heavy atom.